The summed E-state index contributed by atoms with van der Waals surface area (Å²) in [6, 6.07) is 0. The Balaban J connectivity index is 3.34. The number of ether oxygens (including phenoxy) is 1. The molecule has 0 aliphatic rings. The first kappa shape index (κ1) is 9.17. The molecule has 0 aromatic rings. The van der Waals surface area contributed by atoms with E-state index < -0.39 is 6.10 Å². The number of methoxy groups -OCH3 is 1. The van der Waals surface area contributed by atoms with E-state index in [-0.39, 0.29) is 12.4 Å². The summed E-state index contributed by atoms with van der Waals surface area (Å²) in [6.07, 6.45) is 1.42. The maximum absolute atomic E-state index is 10.5. The molecule has 0 aliphatic heterocycles. The molecule has 3 heteroatoms. The Labute approximate surface area is 60.3 Å². The Morgan fingerprint density at radius 3 is 2.90 bits per heavy atom. The van der Waals surface area contributed by atoms with E-state index in [0.717, 1.165) is 0 Å². The van der Waals surface area contributed by atoms with Gasteiger partial charge in [0.25, 0.3) is 0 Å². The van der Waals surface area contributed by atoms with E-state index in [9.17, 15) is 4.79 Å². The minimum atomic E-state index is -0.598. The van der Waals surface area contributed by atoms with Gasteiger partial charge in [-0.3, -0.25) is 4.79 Å². The zero-order valence-electron chi connectivity index (χ0n) is 6.04. The van der Waals surface area contributed by atoms with E-state index in [1.165, 1.54) is 13.2 Å². The number of esters is 1. The fourth-order valence-corrected chi connectivity index (χ4v) is 0.486. The first-order valence-electron chi connectivity index (χ1n) is 3.08. The first-order chi connectivity index (χ1) is 4.70. The lowest BCUT2D eigenvalue weighted by Crippen LogP contribution is -2.07. The quantitative estimate of drug-likeness (QED) is 0.461. The molecule has 0 amide bonds. The third-order valence-corrected chi connectivity index (χ3v) is 1.14. The number of hydrogen-bond donors (Lipinski definition) is 1. The SMILES string of the molecule is C=CC(O)CCC(=O)OC. The van der Waals surface area contributed by atoms with Crippen LogP contribution in [0.3, 0.4) is 0 Å². The monoisotopic (exact) mass is 144 g/mol. The Hall–Kier alpha value is -0.830. The van der Waals surface area contributed by atoms with Crippen LogP contribution in [0.1, 0.15) is 12.8 Å². The van der Waals surface area contributed by atoms with Crippen molar-refractivity contribution in [2.24, 2.45) is 0 Å². The van der Waals surface area contributed by atoms with Gasteiger partial charge in [-0.05, 0) is 6.42 Å². The number of rotatable bonds is 4. The maximum atomic E-state index is 10.5. The molecular formula is C7H12O3. The van der Waals surface area contributed by atoms with Crippen LogP contribution in [0.5, 0.6) is 0 Å². The maximum Gasteiger partial charge on any atom is 0.305 e. The van der Waals surface area contributed by atoms with Crippen LogP contribution in [0.15, 0.2) is 12.7 Å². The largest absolute Gasteiger partial charge is 0.469 e. The molecule has 1 atom stereocenters. The molecule has 0 spiro atoms. The van der Waals surface area contributed by atoms with E-state index >= 15 is 0 Å². The van der Waals surface area contributed by atoms with Crippen LogP contribution >= 0.6 is 0 Å². The molecule has 0 rings (SSSR count). The number of hydrogen-bond acceptors (Lipinski definition) is 3. The standard InChI is InChI=1S/C7H12O3/c1-3-6(8)4-5-7(9)10-2/h3,6,8H,1,4-5H2,2H3. The Bertz CT molecular complexity index is 120. The van der Waals surface area contributed by atoms with E-state index in [4.69, 9.17) is 5.11 Å². The Morgan fingerprint density at radius 1 is 1.90 bits per heavy atom. The van der Waals surface area contributed by atoms with Crippen LogP contribution in [0, 0.1) is 0 Å². The predicted molar refractivity (Wildman–Crippen MR) is 37.5 cm³/mol. The van der Waals surface area contributed by atoms with Gasteiger partial charge in [-0.2, -0.15) is 0 Å². The summed E-state index contributed by atoms with van der Waals surface area (Å²) < 4.78 is 4.36. The highest BCUT2D eigenvalue weighted by Crippen LogP contribution is 1.98. The lowest BCUT2D eigenvalue weighted by molar-refractivity contribution is -0.141. The third-order valence-electron chi connectivity index (χ3n) is 1.14. The second kappa shape index (κ2) is 4.99. The minimum absolute atomic E-state index is 0.240. The van der Waals surface area contributed by atoms with E-state index in [1.807, 2.05) is 0 Å². The second-order valence-corrected chi connectivity index (χ2v) is 1.92. The summed E-state index contributed by atoms with van der Waals surface area (Å²) in [6.45, 7) is 3.36. The molecule has 0 aliphatic carbocycles. The second-order valence-electron chi connectivity index (χ2n) is 1.92. The molecule has 0 bridgehead atoms. The normalized spacial score (nSPS) is 12.2. The molecule has 0 aromatic carbocycles. The summed E-state index contributed by atoms with van der Waals surface area (Å²) in [4.78, 5) is 10.5. The van der Waals surface area contributed by atoms with Crippen LogP contribution in [-0.4, -0.2) is 24.3 Å². The van der Waals surface area contributed by atoms with E-state index in [2.05, 4.69) is 11.3 Å². The van der Waals surface area contributed by atoms with Crippen molar-refractivity contribution < 1.29 is 14.6 Å². The van der Waals surface area contributed by atoms with Gasteiger partial charge >= 0.3 is 5.97 Å². The molecule has 58 valence electrons. The lowest BCUT2D eigenvalue weighted by Gasteiger charge is -2.01. The van der Waals surface area contributed by atoms with Crippen LogP contribution < -0.4 is 0 Å². The van der Waals surface area contributed by atoms with Crippen molar-refractivity contribution in [2.45, 2.75) is 18.9 Å². The highest BCUT2D eigenvalue weighted by Gasteiger charge is 2.03. The highest BCUT2D eigenvalue weighted by molar-refractivity contribution is 5.69. The zero-order valence-corrected chi connectivity index (χ0v) is 6.04. The molecule has 0 saturated carbocycles. The van der Waals surface area contributed by atoms with Gasteiger partial charge in [-0.1, -0.05) is 6.08 Å². The van der Waals surface area contributed by atoms with Crippen molar-refractivity contribution in [1.82, 2.24) is 0 Å². The lowest BCUT2D eigenvalue weighted by atomic mass is 10.2. The average molecular weight is 144 g/mol. The van der Waals surface area contributed by atoms with Gasteiger partial charge in [-0.15, -0.1) is 6.58 Å². The topological polar surface area (TPSA) is 46.5 Å². The number of aliphatic hydroxyl groups is 1. The van der Waals surface area contributed by atoms with Gasteiger partial charge in [0.1, 0.15) is 0 Å². The van der Waals surface area contributed by atoms with Crippen LogP contribution in [0.25, 0.3) is 0 Å². The van der Waals surface area contributed by atoms with Crippen LogP contribution in [0.4, 0.5) is 0 Å². The van der Waals surface area contributed by atoms with Crippen molar-refractivity contribution in [3.63, 3.8) is 0 Å². The number of aliphatic hydroxyl groups excluding tert-OH is 1. The molecule has 0 saturated heterocycles. The number of carbonyl (C=O) groups is 1. The van der Waals surface area contributed by atoms with Gasteiger partial charge < -0.3 is 9.84 Å². The zero-order chi connectivity index (χ0) is 7.98. The molecule has 1 N–H and O–H groups in total. The predicted octanol–water partition coefficient (Wildman–Crippen LogP) is 0.486. The van der Waals surface area contributed by atoms with Crippen LogP contribution in [0.2, 0.25) is 0 Å². The van der Waals surface area contributed by atoms with Gasteiger partial charge in [0.05, 0.1) is 13.2 Å². The third kappa shape index (κ3) is 4.09. The van der Waals surface area contributed by atoms with Gasteiger partial charge in [0.2, 0.25) is 0 Å². The van der Waals surface area contributed by atoms with Crippen molar-refractivity contribution in [1.29, 1.82) is 0 Å². The minimum Gasteiger partial charge on any atom is -0.469 e. The Morgan fingerprint density at radius 2 is 2.50 bits per heavy atom. The van der Waals surface area contributed by atoms with Crippen molar-refractivity contribution in [2.75, 3.05) is 7.11 Å². The fraction of sp³-hybridized carbons (Fsp3) is 0.571. The smallest absolute Gasteiger partial charge is 0.305 e. The summed E-state index contributed by atoms with van der Waals surface area (Å²) in [5.41, 5.74) is 0. The number of carbonyl (C=O) groups excluding carboxylic acids is 1. The van der Waals surface area contributed by atoms with Crippen molar-refractivity contribution >= 4 is 5.97 Å². The highest BCUT2D eigenvalue weighted by atomic mass is 16.5. The van der Waals surface area contributed by atoms with Crippen molar-refractivity contribution in [3.05, 3.63) is 12.7 Å². The van der Waals surface area contributed by atoms with Gasteiger partial charge in [-0.25, -0.2) is 0 Å². The Kier molecular flexibility index (Phi) is 4.58. The molecule has 0 heterocycles. The van der Waals surface area contributed by atoms with Crippen molar-refractivity contribution in [3.8, 4) is 0 Å². The van der Waals surface area contributed by atoms with E-state index in [0.29, 0.717) is 6.42 Å². The summed E-state index contributed by atoms with van der Waals surface area (Å²) >= 11 is 0. The molecule has 0 fully saturated rings. The fourth-order valence-electron chi connectivity index (χ4n) is 0.486. The molecule has 10 heavy (non-hydrogen) atoms. The van der Waals surface area contributed by atoms with E-state index in [1.54, 1.807) is 0 Å². The molecule has 1 unspecified atom stereocenters. The van der Waals surface area contributed by atoms with Gasteiger partial charge in [0.15, 0.2) is 0 Å². The molecule has 3 nitrogen and oxygen atoms in total. The summed E-state index contributed by atoms with van der Waals surface area (Å²) in [5, 5.41) is 8.88. The van der Waals surface area contributed by atoms with Gasteiger partial charge in [0, 0.05) is 6.42 Å². The first-order valence-corrected chi connectivity index (χ1v) is 3.08. The summed E-state index contributed by atoms with van der Waals surface area (Å²) in [5.74, 6) is -0.305. The van der Waals surface area contributed by atoms with Crippen LogP contribution in [-0.2, 0) is 9.53 Å². The molecule has 0 radical (unpaired) electrons. The molecular weight excluding hydrogens is 132 g/mol. The average Bonchev–Trinajstić information content (AvgIpc) is 1.99. The molecule has 0 aromatic heterocycles. The summed E-state index contributed by atoms with van der Waals surface area (Å²) in [7, 11) is 1.32.